The Morgan fingerprint density at radius 2 is 2.32 bits per heavy atom. The first kappa shape index (κ1) is 14.2. The highest BCUT2D eigenvalue weighted by Crippen LogP contribution is 2.28. The van der Waals surface area contributed by atoms with Crippen LogP contribution in [0.15, 0.2) is 12.3 Å². The number of sulfone groups is 1. The van der Waals surface area contributed by atoms with Crippen LogP contribution in [0, 0.1) is 18.3 Å². The van der Waals surface area contributed by atoms with Gasteiger partial charge in [0.1, 0.15) is 17.3 Å². The number of anilines is 1. The summed E-state index contributed by atoms with van der Waals surface area (Å²) in [5.41, 5.74) is 1.28. The summed E-state index contributed by atoms with van der Waals surface area (Å²) in [5, 5.41) is 8.64. The number of pyridine rings is 1. The molecule has 1 fully saturated rings. The average molecular weight is 297 g/mol. The van der Waals surface area contributed by atoms with Gasteiger partial charge in [-0.05, 0) is 18.6 Å². The van der Waals surface area contributed by atoms with Crippen molar-refractivity contribution in [2.24, 2.45) is 0 Å². The average Bonchev–Trinajstić information content (AvgIpc) is 2.37. The molecular weight excluding hydrogens is 282 g/mol. The lowest BCUT2D eigenvalue weighted by atomic mass is 10.1. The van der Waals surface area contributed by atoms with Crippen LogP contribution in [0.25, 0.3) is 0 Å². The van der Waals surface area contributed by atoms with Crippen LogP contribution in [0.3, 0.4) is 0 Å². The lowest BCUT2D eigenvalue weighted by molar-refractivity contribution is 0.583. The first-order valence-corrected chi connectivity index (χ1v) is 8.95. The zero-order valence-electron chi connectivity index (χ0n) is 10.8. The molecule has 1 aromatic rings. The predicted octanol–water partition coefficient (Wildman–Crippen LogP) is 1.19. The maximum atomic E-state index is 11.9. The Labute approximate surface area is 117 Å². The van der Waals surface area contributed by atoms with Crippen LogP contribution < -0.4 is 4.90 Å². The second kappa shape index (κ2) is 5.39. The van der Waals surface area contributed by atoms with Crippen LogP contribution in [0.1, 0.15) is 11.1 Å². The second-order valence-electron chi connectivity index (χ2n) is 4.49. The van der Waals surface area contributed by atoms with Gasteiger partial charge in [-0.15, -0.1) is 0 Å². The Morgan fingerprint density at radius 1 is 1.58 bits per heavy atom. The number of hydrogen-bond acceptors (Lipinski definition) is 6. The van der Waals surface area contributed by atoms with Crippen molar-refractivity contribution in [3.63, 3.8) is 0 Å². The van der Waals surface area contributed by atoms with Gasteiger partial charge in [0.15, 0.2) is 9.84 Å². The smallest absolute Gasteiger partial charge is 0.169 e. The Morgan fingerprint density at radius 3 is 2.95 bits per heavy atom. The third-order valence-electron chi connectivity index (χ3n) is 3.10. The number of rotatable bonds is 2. The van der Waals surface area contributed by atoms with E-state index in [1.54, 1.807) is 28.9 Å². The summed E-state index contributed by atoms with van der Waals surface area (Å²) in [4.78, 5) is 5.97. The Bertz CT molecular complexity index is 622. The van der Waals surface area contributed by atoms with Crippen molar-refractivity contribution in [1.29, 1.82) is 5.26 Å². The third-order valence-corrected chi connectivity index (χ3v) is 5.75. The van der Waals surface area contributed by atoms with E-state index in [4.69, 9.17) is 0 Å². The number of nitrogens with zero attached hydrogens (tertiary/aromatic N) is 3. The van der Waals surface area contributed by atoms with Gasteiger partial charge in [-0.1, -0.05) is 0 Å². The summed E-state index contributed by atoms with van der Waals surface area (Å²) in [7, 11) is -3.21. The van der Waals surface area contributed by atoms with Crippen LogP contribution in [0.5, 0.6) is 0 Å². The second-order valence-corrected chi connectivity index (χ2v) is 7.84. The molecule has 2 rings (SSSR count). The summed E-state index contributed by atoms with van der Waals surface area (Å²) in [6, 6.07) is 3.89. The Hall–Kier alpha value is -1.26. The van der Waals surface area contributed by atoms with Gasteiger partial charge >= 0.3 is 0 Å². The predicted molar refractivity (Wildman–Crippen MR) is 77.0 cm³/mol. The highest BCUT2D eigenvalue weighted by atomic mass is 32.2. The lowest BCUT2D eigenvalue weighted by Gasteiger charge is -2.35. The fraction of sp³-hybridized carbons (Fsp3) is 0.500. The van der Waals surface area contributed by atoms with Crippen molar-refractivity contribution < 1.29 is 8.42 Å². The standard InChI is InChI=1S/C12H15N3O2S2/c1-9-3-4-14-12(10(9)7-13)15-5-6-18-8-11(15)19(2,16)17/h3-4,11H,5-6,8H2,1-2H3. The number of hydrogen-bond donors (Lipinski definition) is 0. The van der Waals surface area contributed by atoms with Gasteiger partial charge in [0, 0.05) is 30.5 Å². The molecule has 0 aliphatic carbocycles. The molecule has 1 aliphatic rings. The minimum Gasteiger partial charge on any atom is -0.337 e. The van der Waals surface area contributed by atoms with Crippen LogP contribution >= 0.6 is 11.8 Å². The topological polar surface area (TPSA) is 74.1 Å². The van der Waals surface area contributed by atoms with Crippen LogP contribution in [-0.4, -0.2) is 43.1 Å². The summed E-state index contributed by atoms with van der Waals surface area (Å²) in [6.07, 6.45) is 2.85. The molecule has 1 saturated heterocycles. The number of nitriles is 1. The maximum absolute atomic E-state index is 11.9. The van der Waals surface area contributed by atoms with Gasteiger partial charge in [-0.25, -0.2) is 13.4 Å². The number of aromatic nitrogens is 1. The highest BCUT2D eigenvalue weighted by Gasteiger charge is 2.33. The molecule has 0 radical (unpaired) electrons. The molecule has 5 nitrogen and oxygen atoms in total. The van der Waals surface area contributed by atoms with E-state index in [-0.39, 0.29) is 0 Å². The van der Waals surface area contributed by atoms with E-state index < -0.39 is 15.2 Å². The monoisotopic (exact) mass is 297 g/mol. The number of aryl methyl sites for hydroxylation is 1. The summed E-state index contributed by atoms with van der Waals surface area (Å²) in [5.74, 6) is 1.84. The molecule has 2 heterocycles. The van der Waals surface area contributed by atoms with Gasteiger partial charge < -0.3 is 4.90 Å². The molecule has 0 amide bonds. The van der Waals surface area contributed by atoms with Crippen molar-refractivity contribution in [2.45, 2.75) is 12.3 Å². The molecule has 7 heteroatoms. The number of thioether (sulfide) groups is 1. The van der Waals surface area contributed by atoms with Gasteiger partial charge in [-0.2, -0.15) is 17.0 Å². The molecule has 0 aromatic carbocycles. The molecule has 1 aliphatic heterocycles. The van der Waals surface area contributed by atoms with Crippen molar-refractivity contribution in [2.75, 3.05) is 29.2 Å². The van der Waals surface area contributed by atoms with E-state index in [1.165, 1.54) is 6.26 Å². The van der Waals surface area contributed by atoms with Crippen molar-refractivity contribution in [3.05, 3.63) is 23.4 Å². The van der Waals surface area contributed by atoms with E-state index in [2.05, 4.69) is 11.1 Å². The zero-order chi connectivity index (χ0) is 14.0. The van der Waals surface area contributed by atoms with Crippen LogP contribution in [0.2, 0.25) is 0 Å². The van der Waals surface area contributed by atoms with Gasteiger partial charge in [0.25, 0.3) is 0 Å². The molecule has 0 spiro atoms. The molecule has 0 bridgehead atoms. The quantitative estimate of drug-likeness (QED) is 0.816. The van der Waals surface area contributed by atoms with Gasteiger partial charge in [0.2, 0.25) is 0 Å². The molecule has 1 atom stereocenters. The molecular formula is C12H15N3O2S2. The molecule has 0 N–H and O–H groups in total. The fourth-order valence-electron chi connectivity index (χ4n) is 2.08. The summed E-state index contributed by atoms with van der Waals surface area (Å²) in [6.45, 7) is 2.42. The van der Waals surface area contributed by atoms with E-state index in [9.17, 15) is 13.7 Å². The summed E-state index contributed by atoms with van der Waals surface area (Å²) < 4.78 is 23.8. The molecule has 19 heavy (non-hydrogen) atoms. The third kappa shape index (κ3) is 2.85. The minimum absolute atomic E-state index is 0.461. The van der Waals surface area contributed by atoms with E-state index in [0.29, 0.717) is 23.7 Å². The van der Waals surface area contributed by atoms with Gasteiger partial charge in [0.05, 0.1) is 5.56 Å². The Balaban J connectivity index is 2.50. The first-order valence-electron chi connectivity index (χ1n) is 5.84. The fourth-order valence-corrected chi connectivity index (χ4v) is 4.90. The minimum atomic E-state index is -3.21. The van der Waals surface area contributed by atoms with E-state index in [0.717, 1.165) is 11.3 Å². The van der Waals surface area contributed by atoms with Gasteiger partial charge in [-0.3, -0.25) is 0 Å². The van der Waals surface area contributed by atoms with Crippen LogP contribution in [-0.2, 0) is 9.84 Å². The van der Waals surface area contributed by atoms with Crippen molar-refractivity contribution in [1.82, 2.24) is 4.98 Å². The zero-order valence-corrected chi connectivity index (χ0v) is 12.5. The van der Waals surface area contributed by atoms with E-state index >= 15 is 0 Å². The van der Waals surface area contributed by atoms with Crippen molar-refractivity contribution >= 4 is 27.4 Å². The molecule has 0 saturated carbocycles. The first-order chi connectivity index (χ1) is 8.95. The van der Waals surface area contributed by atoms with Crippen LogP contribution in [0.4, 0.5) is 5.82 Å². The lowest BCUT2D eigenvalue weighted by Crippen LogP contribution is -2.47. The van der Waals surface area contributed by atoms with Crippen molar-refractivity contribution in [3.8, 4) is 6.07 Å². The van der Waals surface area contributed by atoms with E-state index in [1.807, 2.05) is 6.92 Å². The molecule has 1 unspecified atom stereocenters. The maximum Gasteiger partial charge on any atom is 0.169 e. The molecule has 102 valence electrons. The Kier molecular flexibility index (Phi) is 4.02. The summed E-state index contributed by atoms with van der Waals surface area (Å²) >= 11 is 1.61. The highest BCUT2D eigenvalue weighted by molar-refractivity contribution is 8.01. The SMILES string of the molecule is Cc1ccnc(N2CCSCC2S(C)(=O)=O)c1C#N. The molecule has 1 aromatic heterocycles. The normalized spacial score (nSPS) is 20.1. The largest absolute Gasteiger partial charge is 0.337 e.